The molecule has 170 valence electrons. The van der Waals surface area contributed by atoms with Crippen molar-refractivity contribution in [2.45, 2.75) is 37.3 Å². The Labute approximate surface area is 205 Å². The van der Waals surface area contributed by atoms with E-state index in [4.69, 9.17) is 0 Å². The zero-order valence-corrected chi connectivity index (χ0v) is 19.2. The Morgan fingerprint density at radius 2 is 1.66 bits per heavy atom. The minimum atomic E-state index is -0.383. The summed E-state index contributed by atoms with van der Waals surface area (Å²) in [5, 5.41) is 22.7. The van der Waals surface area contributed by atoms with E-state index >= 15 is 0 Å². The van der Waals surface area contributed by atoms with E-state index in [0.717, 1.165) is 48.3 Å². The Morgan fingerprint density at radius 3 is 2.37 bits per heavy atom. The van der Waals surface area contributed by atoms with E-state index < -0.39 is 0 Å². The highest BCUT2D eigenvalue weighted by Gasteiger charge is 2.57. The van der Waals surface area contributed by atoms with E-state index in [-0.39, 0.29) is 28.5 Å². The van der Waals surface area contributed by atoms with Gasteiger partial charge in [-0.25, -0.2) is 0 Å². The third kappa shape index (κ3) is 3.16. The number of ketones is 1. The molecule has 1 saturated carbocycles. The van der Waals surface area contributed by atoms with Crippen molar-refractivity contribution in [1.29, 1.82) is 10.5 Å². The van der Waals surface area contributed by atoms with Gasteiger partial charge in [-0.05, 0) is 36.5 Å². The van der Waals surface area contributed by atoms with E-state index in [9.17, 15) is 15.3 Å². The molecule has 2 fully saturated rings. The van der Waals surface area contributed by atoms with Crippen LogP contribution in [0.1, 0.15) is 42.7 Å². The Bertz CT molecular complexity index is 1400. The monoisotopic (exact) mass is 456 g/mol. The second kappa shape index (κ2) is 8.15. The zero-order chi connectivity index (χ0) is 24.0. The first-order valence-corrected chi connectivity index (χ1v) is 12.1. The Balaban J connectivity index is 1.59. The predicted octanol–water partition coefficient (Wildman–Crippen LogP) is 5.31. The summed E-state index contributed by atoms with van der Waals surface area (Å²) < 4.78 is 0. The Morgan fingerprint density at radius 1 is 0.943 bits per heavy atom. The number of fused-ring (bicyclic) bond motifs is 2. The SMILES string of the molecule is N#CC(C#N)=C1C=C2N[C@]34CCCC[C@H]3[C@H](c3ccccc3)C=C(c3ccccc3)N4C2=CC1=O. The number of hydrogen-bond acceptors (Lipinski definition) is 5. The van der Waals surface area contributed by atoms with Crippen molar-refractivity contribution in [3.8, 4) is 12.1 Å². The summed E-state index contributed by atoms with van der Waals surface area (Å²) in [5.74, 6) is 0.217. The number of benzene rings is 2. The lowest BCUT2D eigenvalue weighted by Gasteiger charge is -2.54. The molecular formula is C30H24N4O. The van der Waals surface area contributed by atoms with Crippen molar-refractivity contribution in [1.82, 2.24) is 10.2 Å². The molecule has 35 heavy (non-hydrogen) atoms. The molecule has 2 aromatic carbocycles. The molecule has 0 aromatic heterocycles. The van der Waals surface area contributed by atoms with E-state index in [2.05, 4.69) is 58.8 Å². The van der Waals surface area contributed by atoms with Crippen LogP contribution in [0.5, 0.6) is 0 Å². The van der Waals surface area contributed by atoms with Crippen LogP contribution >= 0.6 is 0 Å². The molecule has 3 atom stereocenters. The average molecular weight is 457 g/mol. The average Bonchev–Trinajstić information content (AvgIpc) is 3.22. The van der Waals surface area contributed by atoms with Crippen molar-refractivity contribution >= 4 is 11.5 Å². The molecule has 4 aliphatic rings. The van der Waals surface area contributed by atoms with Gasteiger partial charge in [0.05, 0.1) is 17.0 Å². The first kappa shape index (κ1) is 21.2. The third-order valence-electron chi connectivity index (χ3n) is 7.78. The number of nitrogens with one attached hydrogen (secondary N) is 1. The van der Waals surface area contributed by atoms with Gasteiger partial charge in [0.1, 0.15) is 23.4 Å². The third-order valence-corrected chi connectivity index (χ3v) is 7.78. The molecule has 0 bridgehead atoms. The van der Waals surface area contributed by atoms with Gasteiger partial charge in [0.2, 0.25) is 0 Å². The minimum absolute atomic E-state index is 0.150. The van der Waals surface area contributed by atoms with Gasteiger partial charge in [0.15, 0.2) is 5.78 Å². The molecular weight excluding hydrogens is 432 g/mol. The maximum absolute atomic E-state index is 13.1. The van der Waals surface area contributed by atoms with Crippen LogP contribution in [0, 0.1) is 28.6 Å². The maximum atomic E-state index is 13.1. The molecule has 0 radical (unpaired) electrons. The summed E-state index contributed by atoms with van der Waals surface area (Å²) in [6.45, 7) is 0. The van der Waals surface area contributed by atoms with Gasteiger partial charge in [0.25, 0.3) is 0 Å². The van der Waals surface area contributed by atoms with E-state index in [1.54, 1.807) is 12.2 Å². The lowest BCUT2D eigenvalue weighted by molar-refractivity contribution is -0.111. The maximum Gasteiger partial charge on any atom is 0.190 e. The molecule has 1 saturated heterocycles. The normalized spacial score (nSPS) is 26.6. The second-order valence-corrected chi connectivity index (χ2v) is 9.56. The molecule has 1 N–H and O–H groups in total. The predicted molar refractivity (Wildman–Crippen MR) is 133 cm³/mol. The van der Waals surface area contributed by atoms with Gasteiger partial charge in [-0.2, -0.15) is 10.5 Å². The summed E-state index contributed by atoms with van der Waals surface area (Å²) in [6, 6.07) is 24.8. The molecule has 5 heteroatoms. The highest BCUT2D eigenvalue weighted by atomic mass is 16.1. The molecule has 0 unspecified atom stereocenters. The van der Waals surface area contributed by atoms with Crippen molar-refractivity contribution in [3.63, 3.8) is 0 Å². The van der Waals surface area contributed by atoms with E-state index in [0.29, 0.717) is 5.92 Å². The van der Waals surface area contributed by atoms with E-state index in [1.807, 2.05) is 30.3 Å². The number of allylic oxidation sites excluding steroid dienone is 5. The Hall–Kier alpha value is -4.35. The number of carbonyl (C=O) groups is 1. The molecule has 6 rings (SSSR count). The van der Waals surface area contributed by atoms with Crippen LogP contribution in [-0.2, 0) is 4.79 Å². The van der Waals surface area contributed by atoms with Gasteiger partial charge < -0.3 is 10.2 Å². The summed E-state index contributed by atoms with van der Waals surface area (Å²) in [7, 11) is 0. The molecule has 2 heterocycles. The number of hydrogen-bond donors (Lipinski definition) is 1. The topological polar surface area (TPSA) is 79.9 Å². The van der Waals surface area contributed by atoms with Crippen LogP contribution < -0.4 is 5.32 Å². The van der Waals surface area contributed by atoms with Crippen LogP contribution in [0.4, 0.5) is 0 Å². The summed E-state index contributed by atoms with van der Waals surface area (Å²) >= 11 is 0. The molecule has 0 amide bonds. The molecule has 2 aliphatic heterocycles. The summed E-state index contributed by atoms with van der Waals surface area (Å²) in [6.07, 6.45) is 9.94. The van der Waals surface area contributed by atoms with Crippen molar-refractivity contribution < 1.29 is 4.79 Å². The van der Waals surface area contributed by atoms with Gasteiger partial charge >= 0.3 is 0 Å². The lowest BCUT2D eigenvalue weighted by Crippen LogP contribution is -2.60. The van der Waals surface area contributed by atoms with E-state index in [1.165, 1.54) is 5.56 Å². The molecule has 2 aromatic rings. The van der Waals surface area contributed by atoms with Gasteiger partial charge in [-0.15, -0.1) is 0 Å². The van der Waals surface area contributed by atoms with Gasteiger partial charge in [-0.1, -0.05) is 73.2 Å². The standard InChI is InChI=1S/C30H24N4O/c31-18-22(19-32)24-15-26-28(17-29(24)35)34-27(21-11-5-2-6-12-21)16-23(20-9-3-1-4-10-20)25-13-7-8-14-30(25,34)33-26/h1-6,9-12,15-17,23,25,33H,7-8,13-14H2/t23-,25-,30-/m0/s1. The smallest absolute Gasteiger partial charge is 0.190 e. The van der Waals surface area contributed by atoms with Gasteiger partial charge in [-0.3, -0.25) is 4.79 Å². The minimum Gasteiger partial charge on any atom is -0.360 e. The molecule has 5 nitrogen and oxygen atoms in total. The molecule has 2 aliphatic carbocycles. The van der Waals surface area contributed by atoms with Crippen LogP contribution in [0.25, 0.3) is 5.70 Å². The highest BCUT2D eigenvalue weighted by molar-refractivity contribution is 6.10. The largest absolute Gasteiger partial charge is 0.360 e. The van der Waals surface area contributed by atoms with Crippen LogP contribution in [0.15, 0.2) is 101 Å². The fourth-order valence-electron chi connectivity index (χ4n) is 6.33. The van der Waals surface area contributed by atoms with Crippen molar-refractivity contribution in [3.05, 3.63) is 113 Å². The zero-order valence-electron chi connectivity index (χ0n) is 19.2. The highest BCUT2D eigenvalue weighted by Crippen LogP contribution is 2.57. The van der Waals surface area contributed by atoms with Crippen molar-refractivity contribution in [2.75, 3.05) is 0 Å². The fraction of sp³-hybridized carbons (Fsp3) is 0.233. The quantitative estimate of drug-likeness (QED) is 0.489. The van der Waals surface area contributed by atoms with Crippen LogP contribution in [0.3, 0.4) is 0 Å². The first-order chi connectivity index (χ1) is 17.2. The van der Waals surface area contributed by atoms with Crippen LogP contribution in [-0.4, -0.2) is 16.3 Å². The second-order valence-electron chi connectivity index (χ2n) is 9.56. The van der Waals surface area contributed by atoms with Crippen LogP contribution in [0.2, 0.25) is 0 Å². The Kier molecular flexibility index (Phi) is 4.94. The number of carbonyl (C=O) groups excluding carboxylic acids is 1. The van der Waals surface area contributed by atoms with Gasteiger partial charge in [0, 0.05) is 23.6 Å². The number of nitrogens with zero attached hydrogens (tertiary/aromatic N) is 3. The fourth-order valence-corrected chi connectivity index (χ4v) is 6.33. The van der Waals surface area contributed by atoms with Crippen molar-refractivity contribution in [2.24, 2.45) is 5.92 Å². The number of nitriles is 2. The number of rotatable bonds is 2. The first-order valence-electron chi connectivity index (χ1n) is 12.1. The summed E-state index contributed by atoms with van der Waals surface area (Å²) in [4.78, 5) is 15.4. The summed E-state index contributed by atoms with van der Waals surface area (Å²) in [5.41, 5.74) is 4.74. The molecule has 1 spiro atoms. The lowest BCUT2D eigenvalue weighted by atomic mass is 9.66.